The molecule has 3 rings (SSSR count). The van der Waals surface area contributed by atoms with Gasteiger partial charge in [0.25, 0.3) is 0 Å². The maximum atomic E-state index is 12.3. The molecule has 25 heavy (non-hydrogen) atoms. The number of amides is 2. The van der Waals surface area contributed by atoms with Crippen molar-refractivity contribution in [3.8, 4) is 0 Å². The van der Waals surface area contributed by atoms with E-state index < -0.39 is 11.8 Å². The van der Waals surface area contributed by atoms with Gasteiger partial charge in [0, 0.05) is 18.0 Å². The number of aromatic nitrogens is 1. The topological polar surface area (TPSA) is 83.6 Å². The zero-order chi connectivity index (χ0) is 17.8. The Morgan fingerprint density at radius 3 is 2.48 bits per heavy atom. The van der Waals surface area contributed by atoms with Gasteiger partial charge in [0.1, 0.15) is 0 Å². The molecule has 0 spiro atoms. The molecule has 0 unspecified atom stereocenters. The van der Waals surface area contributed by atoms with Crippen molar-refractivity contribution in [1.82, 2.24) is 4.98 Å². The molecule has 0 bridgehead atoms. The number of nitrogens with one attached hydrogen (secondary N) is 2. The van der Waals surface area contributed by atoms with Crippen molar-refractivity contribution in [2.75, 3.05) is 41.8 Å². The quantitative estimate of drug-likeness (QED) is 0.820. The van der Waals surface area contributed by atoms with Crippen LogP contribution < -0.4 is 15.5 Å². The van der Waals surface area contributed by atoms with Gasteiger partial charge in [0.2, 0.25) is 0 Å². The third-order valence-electron chi connectivity index (χ3n) is 3.96. The lowest BCUT2D eigenvalue weighted by Gasteiger charge is -2.30. The SMILES string of the molecule is Cc1nc(NC(=O)C(=O)Nc2ccccc2N2CCOCC2)sc1C. The number of nitrogens with zero attached hydrogens (tertiary/aromatic N) is 2. The van der Waals surface area contributed by atoms with E-state index in [9.17, 15) is 9.59 Å². The molecule has 1 aliphatic rings. The van der Waals surface area contributed by atoms with Gasteiger partial charge in [0.05, 0.1) is 30.3 Å². The van der Waals surface area contributed by atoms with Crippen molar-refractivity contribution in [2.24, 2.45) is 0 Å². The van der Waals surface area contributed by atoms with Gasteiger partial charge in [-0.2, -0.15) is 0 Å². The number of carbonyl (C=O) groups is 2. The van der Waals surface area contributed by atoms with E-state index in [-0.39, 0.29) is 0 Å². The second-order valence-corrected chi connectivity index (χ2v) is 6.89. The average molecular weight is 360 g/mol. The molecular weight excluding hydrogens is 340 g/mol. The van der Waals surface area contributed by atoms with Crippen molar-refractivity contribution in [1.29, 1.82) is 0 Å². The third kappa shape index (κ3) is 4.15. The summed E-state index contributed by atoms with van der Waals surface area (Å²) in [7, 11) is 0. The minimum atomic E-state index is -0.731. The maximum absolute atomic E-state index is 12.3. The van der Waals surface area contributed by atoms with Crippen molar-refractivity contribution >= 4 is 39.7 Å². The van der Waals surface area contributed by atoms with Gasteiger partial charge in [-0.25, -0.2) is 4.98 Å². The third-order valence-corrected chi connectivity index (χ3v) is 4.95. The molecule has 2 aromatic rings. The molecule has 1 aromatic heterocycles. The Hall–Kier alpha value is -2.45. The van der Waals surface area contributed by atoms with Crippen molar-refractivity contribution in [2.45, 2.75) is 13.8 Å². The first kappa shape index (κ1) is 17.4. The number of carbonyl (C=O) groups excluding carboxylic acids is 2. The smallest absolute Gasteiger partial charge is 0.315 e. The van der Waals surface area contributed by atoms with Crippen LogP contribution in [0, 0.1) is 13.8 Å². The van der Waals surface area contributed by atoms with Crippen LogP contribution in [0.1, 0.15) is 10.6 Å². The summed E-state index contributed by atoms with van der Waals surface area (Å²) in [6.07, 6.45) is 0. The Morgan fingerprint density at radius 1 is 1.12 bits per heavy atom. The summed E-state index contributed by atoms with van der Waals surface area (Å²) >= 11 is 1.35. The summed E-state index contributed by atoms with van der Waals surface area (Å²) in [6, 6.07) is 7.44. The predicted octanol–water partition coefficient (Wildman–Crippen LogP) is 2.17. The van der Waals surface area contributed by atoms with Crippen LogP contribution >= 0.6 is 11.3 Å². The highest BCUT2D eigenvalue weighted by atomic mass is 32.1. The lowest BCUT2D eigenvalue weighted by atomic mass is 10.2. The highest BCUT2D eigenvalue weighted by molar-refractivity contribution is 7.15. The fourth-order valence-corrected chi connectivity index (χ4v) is 3.33. The van der Waals surface area contributed by atoms with Crippen LogP contribution in [0.25, 0.3) is 0 Å². The van der Waals surface area contributed by atoms with Gasteiger partial charge < -0.3 is 15.0 Å². The molecule has 2 amide bonds. The first-order valence-electron chi connectivity index (χ1n) is 8.02. The molecule has 0 saturated carbocycles. The van der Waals surface area contributed by atoms with Crippen LogP contribution in [0.15, 0.2) is 24.3 Å². The number of ether oxygens (including phenoxy) is 1. The standard InChI is InChI=1S/C17H20N4O3S/c1-11-12(2)25-17(18-11)20-16(23)15(22)19-13-5-3-4-6-14(13)21-7-9-24-10-8-21/h3-6H,7-10H2,1-2H3,(H,19,22)(H,18,20,23). The number of hydrogen-bond donors (Lipinski definition) is 2. The molecule has 132 valence electrons. The van der Waals surface area contributed by atoms with Gasteiger partial charge in [0.15, 0.2) is 5.13 Å². The van der Waals surface area contributed by atoms with E-state index in [1.807, 2.05) is 32.0 Å². The van der Waals surface area contributed by atoms with E-state index in [0.29, 0.717) is 24.0 Å². The fraction of sp³-hybridized carbons (Fsp3) is 0.353. The summed E-state index contributed by atoms with van der Waals surface area (Å²) in [5.41, 5.74) is 2.34. The largest absolute Gasteiger partial charge is 0.378 e. The number of hydrogen-bond acceptors (Lipinski definition) is 6. The second kappa shape index (κ2) is 7.62. The van der Waals surface area contributed by atoms with Gasteiger partial charge in [-0.1, -0.05) is 12.1 Å². The van der Waals surface area contributed by atoms with Crippen LogP contribution in [0.4, 0.5) is 16.5 Å². The van der Waals surface area contributed by atoms with E-state index in [2.05, 4.69) is 20.5 Å². The van der Waals surface area contributed by atoms with Gasteiger partial charge in [-0.3, -0.25) is 14.9 Å². The summed E-state index contributed by atoms with van der Waals surface area (Å²) in [5.74, 6) is -1.45. The second-order valence-electron chi connectivity index (χ2n) is 5.69. The van der Waals surface area contributed by atoms with E-state index in [0.717, 1.165) is 29.3 Å². The highest BCUT2D eigenvalue weighted by Crippen LogP contribution is 2.26. The van der Waals surface area contributed by atoms with Gasteiger partial charge in [-0.15, -0.1) is 11.3 Å². The lowest BCUT2D eigenvalue weighted by molar-refractivity contribution is -0.132. The van der Waals surface area contributed by atoms with E-state index in [1.165, 1.54) is 11.3 Å². The minimum Gasteiger partial charge on any atom is -0.378 e. The fourth-order valence-electron chi connectivity index (χ4n) is 2.52. The number of aryl methyl sites for hydroxylation is 2. The average Bonchev–Trinajstić information content (AvgIpc) is 2.93. The predicted molar refractivity (Wildman–Crippen MR) is 98.3 cm³/mol. The lowest BCUT2D eigenvalue weighted by Crippen LogP contribution is -2.37. The summed E-state index contributed by atoms with van der Waals surface area (Å²) in [4.78, 5) is 31.7. The summed E-state index contributed by atoms with van der Waals surface area (Å²) in [6.45, 7) is 6.56. The van der Waals surface area contributed by atoms with Crippen molar-refractivity contribution < 1.29 is 14.3 Å². The Bertz CT molecular complexity index is 764. The Balaban J connectivity index is 1.69. The molecule has 1 aromatic carbocycles. The molecular formula is C17H20N4O3S. The normalized spacial score (nSPS) is 14.2. The number of thiazole rings is 1. The molecule has 2 N–H and O–H groups in total. The van der Waals surface area contributed by atoms with E-state index >= 15 is 0 Å². The van der Waals surface area contributed by atoms with Crippen LogP contribution in [-0.2, 0) is 14.3 Å². The Labute approximate surface area is 150 Å². The molecule has 1 aliphatic heterocycles. The first-order chi connectivity index (χ1) is 12.0. The minimum absolute atomic E-state index is 0.427. The highest BCUT2D eigenvalue weighted by Gasteiger charge is 2.20. The van der Waals surface area contributed by atoms with Crippen LogP contribution in [-0.4, -0.2) is 43.1 Å². The number of rotatable bonds is 3. The molecule has 1 fully saturated rings. The Kier molecular flexibility index (Phi) is 5.30. The molecule has 8 heteroatoms. The van der Waals surface area contributed by atoms with Crippen LogP contribution in [0.2, 0.25) is 0 Å². The van der Waals surface area contributed by atoms with E-state index in [4.69, 9.17) is 4.74 Å². The van der Waals surface area contributed by atoms with Crippen LogP contribution in [0.5, 0.6) is 0 Å². The molecule has 0 atom stereocenters. The first-order valence-corrected chi connectivity index (χ1v) is 8.84. The molecule has 7 nitrogen and oxygen atoms in total. The maximum Gasteiger partial charge on any atom is 0.315 e. The van der Waals surface area contributed by atoms with Crippen molar-refractivity contribution in [3.05, 3.63) is 34.8 Å². The van der Waals surface area contributed by atoms with Crippen LogP contribution in [0.3, 0.4) is 0 Å². The molecule has 2 heterocycles. The van der Waals surface area contributed by atoms with Gasteiger partial charge >= 0.3 is 11.8 Å². The zero-order valence-corrected chi connectivity index (χ0v) is 15.0. The monoisotopic (exact) mass is 360 g/mol. The van der Waals surface area contributed by atoms with Gasteiger partial charge in [-0.05, 0) is 26.0 Å². The number of anilines is 3. The zero-order valence-electron chi connectivity index (χ0n) is 14.2. The Morgan fingerprint density at radius 2 is 1.80 bits per heavy atom. The number of benzene rings is 1. The summed E-state index contributed by atoms with van der Waals surface area (Å²) < 4.78 is 5.36. The molecule has 1 saturated heterocycles. The number of para-hydroxylation sites is 2. The van der Waals surface area contributed by atoms with E-state index in [1.54, 1.807) is 6.07 Å². The number of morpholine rings is 1. The van der Waals surface area contributed by atoms with Crippen molar-refractivity contribution in [3.63, 3.8) is 0 Å². The molecule has 0 radical (unpaired) electrons. The summed E-state index contributed by atoms with van der Waals surface area (Å²) in [5, 5.41) is 5.67. The molecule has 0 aliphatic carbocycles.